The Kier molecular flexibility index (Phi) is 7.43. The number of rotatable bonds is 8. The molecule has 1 aliphatic heterocycles. The van der Waals surface area contributed by atoms with Crippen LogP contribution in [0.4, 0.5) is 0 Å². The molecule has 4 nitrogen and oxygen atoms in total. The van der Waals surface area contributed by atoms with Gasteiger partial charge in [-0.25, -0.2) is 4.79 Å². The molecule has 2 fully saturated rings. The summed E-state index contributed by atoms with van der Waals surface area (Å²) in [5.74, 6) is 2.26. The second kappa shape index (κ2) is 10.3. The number of carbonyl (C=O) groups is 1. The Morgan fingerprint density at radius 1 is 1.03 bits per heavy atom. The van der Waals surface area contributed by atoms with Gasteiger partial charge in [0.05, 0.1) is 30.8 Å². The van der Waals surface area contributed by atoms with Crippen molar-refractivity contribution in [2.75, 3.05) is 19.8 Å². The molecule has 0 amide bonds. The molecule has 2 aromatic rings. The average molecular weight is 451 g/mol. The quantitative estimate of drug-likeness (QED) is 0.416. The van der Waals surface area contributed by atoms with Crippen LogP contribution in [0.15, 0.2) is 48.5 Å². The summed E-state index contributed by atoms with van der Waals surface area (Å²) in [4.78, 5) is 12.8. The second-order valence-corrected chi connectivity index (χ2v) is 10.5. The maximum absolute atomic E-state index is 12.8. The molecule has 1 aliphatic carbocycles. The number of esters is 1. The molecule has 4 rings (SSSR count). The SMILES string of the molecule is CCC1(COc2ccc(-c3ccc(C(=O)OC4CC(C)CCC4C(C)C)cc3)cc2)COC1. The van der Waals surface area contributed by atoms with Crippen molar-refractivity contribution in [3.63, 3.8) is 0 Å². The molecule has 3 atom stereocenters. The Morgan fingerprint density at radius 3 is 2.21 bits per heavy atom. The number of hydrogen-bond donors (Lipinski definition) is 0. The van der Waals surface area contributed by atoms with E-state index in [-0.39, 0.29) is 17.5 Å². The van der Waals surface area contributed by atoms with Crippen molar-refractivity contribution in [3.8, 4) is 16.9 Å². The third-order valence-electron chi connectivity index (χ3n) is 7.64. The Labute approximate surface area is 198 Å². The number of ether oxygens (including phenoxy) is 3. The van der Waals surface area contributed by atoms with Gasteiger partial charge in [-0.05, 0) is 72.4 Å². The Bertz CT molecular complexity index is 906. The summed E-state index contributed by atoms with van der Waals surface area (Å²) >= 11 is 0. The van der Waals surface area contributed by atoms with E-state index in [9.17, 15) is 4.79 Å². The van der Waals surface area contributed by atoms with Gasteiger partial charge in [0, 0.05) is 0 Å². The van der Waals surface area contributed by atoms with Gasteiger partial charge in [0.1, 0.15) is 11.9 Å². The molecule has 0 radical (unpaired) electrons. The topological polar surface area (TPSA) is 44.8 Å². The highest BCUT2D eigenvalue weighted by molar-refractivity contribution is 5.90. The molecular formula is C29H38O4. The van der Waals surface area contributed by atoms with Crippen LogP contribution in [0.5, 0.6) is 5.75 Å². The van der Waals surface area contributed by atoms with Gasteiger partial charge in [0.15, 0.2) is 0 Å². The molecule has 178 valence electrons. The van der Waals surface area contributed by atoms with Gasteiger partial charge in [0.2, 0.25) is 0 Å². The zero-order valence-electron chi connectivity index (χ0n) is 20.5. The zero-order valence-corrected chi connectivity index (χ0v) is 20.5. The van der Waals surface area contributed by atoms with Crippen LogP contribution in [0, 0.1) is 23.2 Å². The molecule has 0 bridgehead atoms. The second-order valence-electron chi connectivity index (χ2n) is 10.5. The zero-order chi connectivity index (χ0) is 23.4. The minimum absolute atomic E-state index is 0.0202. The van der Waals surface area contributed by atoms with Crippen molar-refractivity contribution in [1.82, 2.24) is 0 Å². The summed E-state index contributed by atoms with van der Waals surface area (Å²) in [6, 6.07) is 15.9. The maximum atomic E-state index is 12.8. The molecule has 4 heteroatoms. The Morgan fingerprint density at radius 2 is 1.67 bits per heavy atom. The molecule has 1 heterocycles. The highest BCUT2D eigenvalue weighted by atomic mass is 16.5. The van der Waals surface area contributed by atoms with E-state index < -0.39 is 0 Å². The molecule has 0 N–H and O–H groups in total. The van der Waals surface area contributed by atoms with Crippen LogP contribution < -0.4 is 4.74 Å². The lowest BCUT2D eigenvalue weighted by molar-refractivity contribution is -0.133. The van der Waals surface area contributed by atoms with Gasteiger partial charge < -0.3 is 14.2 Å². The van der Waals surface area contributed by atoms with Crippen LogP contribution in [-0.2, 0) is 9.47 Å². The van der Waals surface area contributed by atoms with Crippen molar-refractivity contribution in [1.29, 1.82) is 0 Å². The third-order valence-corrected chi connectivity index (χ3v) is 7.64. The lowest BCUT2D eigenvalue weighted by Crippen LogP contribution is -2.46. The minimum Gasteiger partial charge on any atom is -0.493 e. The summed E-state index contributed by atoms with van der Waals surface area (Å²) in [5, 5.41) is 0. The fourth-order valence-electron chi connectivity index (χ4n) is 5.01. The van der Waals surface area contributed by atoms with Crippen LogP contribution in [0.2, 0.25) is 0 Å². The van der Waals surface area contributed by atoms with E-state index in [0.717, 1.165) is 49.4 Å². The van der Waals surface area contributed by atoms with E-state index >= 15 is 0 Å². The highest BCUT2D eigenvalue weighted by Gasteiger charge is 2.37. The first-order valence-corrected chi connectivity index (χ1v) is 12.5. The first kappa shape index (κ1) is 23.8. The van der Waals surface area contributed by atoms with E-state index in [0.29, 0.717) is 29.9 Å². The van der Waals surface area contributed by atoms with Crippen LogP contribution in [0.3, 0.4) is 0 Å². The first-order chi connectivity index (χ1) is 15.9. The average Bonchev–Trinajstić information content (AvgIpc) is 2.79. The molecule has 2 aromatic carbocycles. The van der Waals surface area contributed by atoms with Crippen LogP contribution in [-0.4, -0.2) is 31.9 Å². The standard InChI is InChI=1S/C29H38O4/c1-5-29(17-31-18-29)19-32-25-13-11-23(12-14-25)22-7-9-24(10-8-22)28(30)33-27-16-21(4)6-15-26(27)20(2)3/h7-14,20-21,26-27H,5-6,15-19H2,1-4H3. The van der Waals surface area contributed by atoms with Crippen LogP contribution >= 0.6 is 0 Å². The highest BCUT2D eigenvalue weighted by Crippen LogP contribution is 2.36. The van der Waals surface area contributed by atoms with Gasteiger partial charge in [-0.1, -0.05) is 58.4 Å². The third kappa shape index (κ3) is 5.60. The summed E-state index contributed by atoms with van der Waals surface area (Å²) in [6.07, 6.45) is 4.42. The van der Waals surface area contributed by atoms with E-state index in [4.69, 9.17) is 14.2 Å². The Hall–Kier alpha value is -2.33. The van der Waals surface area contributed by atoms with E-state index in [1.54, 1.807) is 0 Å². The predicted molar refractivity (Wildman–Crippen MR) is 131 cm³/mol. The monoisotopic (exact) mass is 450 g/mol. The molecule has 2 aliphatic rings. The van der Waals surface area contributed by atoms with E-state index in [1.807, 2.05) is 36.4 Å². The Balaban J connectivity index is 1.36. The largest absolute Gasteiger partial charge is 0.493 e. The van der Waals surface area contributed by atoms with Crippen molar-refractivity contribution >= 4 is 5.97 Å². The van der Waals surface area contributed by atoms with E-state index in [1.165, 1.54) is 6.42 Å². The molecule has 1 saturated carbocycles. The summed E-state index contributed by atoms with van der Waals surface area (Å²) in [7, 11) is 0. The molecule has 33 heavy (non-hydrogen) atoms. The van der Waals surface area contributed by atoms with Gasteiger partial charge in [-0.15, -0.1) is 0 Å². The van der Waals surface area contributed by atoms with Crippen LogP contribution in [0.25, 0.3) is 11.1 Å². The normalized spacial score (nSPS) is 24.2. The summed E-state index contributed by atoms with van der Waals surface area (Å²) in [5.41, 5.74) is 2.96. The maximum Gasteiger partial charge on any atom is 0.338 e. The summed E-state index contributed by atoms with van der Waals surface area (Å²) < 4.78 is 17.4. The fraction of sp³-hybridized carbons (Fsp3) is 0.552. The van der Waals surface area contributed by atoms with Gasteiger partial charge in [0.25, 0.3) is 0 Å². The molecule has 1 saturated heterocycles. The van der Waals surface area contributed by atoms with Crippen molar-refractivity contribution < 1.29 is 19.0 Å². The first-order valence-electron chi connectivity index (χ1n) is 12.5. The van der Waals surface area contributed by atoms with Crippen molar-refractivity contribution in [2.24, 2.45) is 23.2 Å². The lowest BCUT2D eigenvalue weighted by Gasteiger charge is -2.40. The number of hydrogen-bond acceptors (Lipinski definition) is 4. The van der Waals surface area contributed by atoms with Crippen LogP contribution in [0.1, 0.15) is 63.7 Å². The summed E-state index contributed by atoms with van der Waals surface area (Å²) in [6.45, 7) is 11.2. The van der Waals surface area contributed by atoms with Gasteiger partial charge in [-0.3, -0.25) is 0 Å². The fourth-order valence-corrected chi connectivity index (χ4v) is 5.01. The van der Waals surface area contributed by atoms with Crippen molar-refractivity contribution in [2.45, 2.75) is 59.5 Å². The molecule has 0 spiro atoms. The molecule has 3 unspecified atom stereocenters. The van der Waals surface area contributed by atoms with Gasteiger partial charge >= 0.3 is 5.97 Å². The molecule has 0 aromatic heterocycles. The van der Waals surface area contributed by atoms with E-state index in [2.05, 4.69) is 39.8 Å². The smallest absolute Gasteiger partial charge is 0.338 e. The van der Waals surface area contributed by atoms with Gasteiger partial charge in [-0.2, -0.15) is 0 Å². The molecular weight excluding hydrogens is 412 g/mol. The number of carbonyl (C=O) groups excluding carboxylic acids is 1. The number of benzene rings is 2. The minimum atomic E-state index is -0.208. The lowest BCUT2D eigenvalue weighted by atomic mass is 9.75. The van der Waals surface area contributed by atoms with Crippen molar-refractivity contribution in [3.05, 3.63) is 54.1 Å². The predicted octanol–water partition coefficient (Wildman–Crippen LogP) is 6.78.